The summed E-state index contributed by atoms with van der Waals surface area (Å²) in [7, 11) is 0. The van der Waals surface area contributed by atoms with Gasteiger partial charge in [0.25, 0.3) is 0 Å². The Balaban J connectivity index is 2.45. The van der Waals surface area contributed by atoms with Crippen LogP contribution >= 0.6 is 0 Å². The van der Waals surface area contributed by atoms with E-state index < -0.39 is 0 Å². The largest absolute Gasteiger partial charge is 0.374 e. The lowest BCUT2D eigenvalue weighted by Gasteiger charge is -2.37. The van der Waals surface area contributed by atoms with Crippen LogP contribution in [0.2, 0.25) is 0 Å². The summed E-state index contributed by atoms with van der Waals surface area (Å²) in [6, 6.07) is 9.98. The SMILES string of the molecule is CCN(CC)C1=C(c2ccccc2)C(=O)C1C. The van der Waals surface area contributed by atoms with Gasteiger partial charge in [-0.2, -0.15) is 0 Å². The number of benzene rings is 1. The van der Waals surface area contributed by atoms with Crippen LogP contribution in [0.15, 0.2) is 36.0 Å². The van der Waals surface area contributed by atoms with E-state index in [-0.39, 0.29) is 11.7 Å². The van der Waals surface area contributed by atoms with E-state index >= 15 is 0 Å². The van der Waals surface area contributed by atoms with Crippen molar-refractivity contribution in [1.82, 2.24) is 4.90 Å². The molecule has 1 unspecified atom stereocenters. The molecule has 0 N–H and O–H groups in total. The summed E-state index contributed by atoms with van der Waals surface area (Å²) in [6.45, 7) is 8.19. The summed E-state index contributed by atoms with van der Waals surface area (Å²) >= 11 is 0. The Morgan fingerprint density at radius 1 is 1.12 bits per heavy atom. The van der Waals surface area contributed by atoms with Crippen molar-refractivity contribution in [2.24, 2.45) is 5.92 Å². The predicted molar refractivity (Wildman–Crippen MR) is 70.5 cm³/mol. The second-order valence-electron chi connectivity index (χ2n) is 4.38. The molecule has 2 rings (SSSR count). The molecule has 1 atom stereocenters. The van der Waals surface area contributed by atoms with Gasteiger partial charge in [0.1, 0.15) is 0 Å². The molecular weight excluding hydrogens is 210 g/mol. The van der Waals surface area contributed by atoms with Crippen LogP contribution in [0.1, 0.15) is 26.3 Å². The Labute approximate surface area is 103 Å². The van der Waals surface area contributed by atoms with Crippen LogP contribution < -0.4 is 0 Å². The molecule has 0 aliphatic heterocycles. The van der Waals surface area contributed by atoms with Crippen LogP contribution in [0.5, 0.6) is 0 Å². The van der Waals surface area contributed by atoms with Gasteiger partial charge in [-0.15, -0.1) is 0 Å². The maximum absolute atomic E-state index is 12.0. The molecule has 0 aromatic heterocycles. The zero-order valence-corrected chi connectivity index (χ0v) is 10.7. The van der Waals surface area contributed by atoms with Gasteiger partial charge in [-0.05, 0) is 26.3 Å². The third kappa shape index (κ3) is 1.88. The van der Waals surface area contributed by atoms with Crippen molar-refractivity contribution in [2.45, 2.75) is 20.8 Å². The fraction of sp³-hybridized carbons (Fsp3) is 0.400. The standard InChI is InChI=1S/C15H19NO/c1-4-16(5-2)14-11(3)15(17)13(14)12-9-7-6-8-10-12/h6-11H,4-5H2,1-3H3. The van der Waals surface area contributed by atoms with E-state index in [1.54, 1.807) is 0 Å². The summed E-state index contributed by atoms with van der Waals surface area (Å²) in [4.78, 5) is 14.3. The van der Waals surface area contributed by atoms with Gasteiger partial charge in [0.15, 0.2) is 5.78 Å². The lowest BCUT2D eigenvalue weighted by atomic mass is 9.77. The monoisotopic (exact) mass is 229 g/mol. The van der Waals surface area contributed by atoms with Crippen molar-refractivity contribution in [2.75, 3.05) is 13.1 Å². The third-order valence-corrected chi connectivity index (χ3v) is 3.47. The number of allylic oxidation sites excluding steroid dienone is 2. The van der Waals surface area contributed by atoms with Gasteiger partial charge in [-0.25, -0.2) is 0 Å². The Hall–Kier alpha value is -1.57. The minimum absolute atomic E-state index is 0.0603. The average molecular weight is 229 g/mol. The minimum atomic E-state index is 0.0603. The van der Waals surface area contributed by atoms with Gasteiger partial charge in [-0.1, -0.05) is 30.3 Å². The molecule has 2 heteroatoms. The number of rotatable bonds is 4. The van der Waals surface area contributed by atoms with Crippen LogP contribution in [0.25, 0.3) is 5.57 Å². The van der Waals surface area contributed by atoms with Crippen LogP contribution in [0.3, 0.4) is 0 Å². The van der Waals surface area contributed by atoms with Crippen LogP contribution in [0, 0.1) is 5.92 Å². The number of hydrogen-bond acceptors (Lipinski definition) is 2. The van der Waals surface area contributed by atoms with Crippen LogP contribution in [0.4, 0.5) is 0 Å². The lowest BCUT2D eigenvalue weighted by molar-refractivity contribution is -0.118. The highest BCUT2D eigenvalue weighted by molar-refractivity contribution is 6.29. The first-order valence-electron chi connectivity index (χ1n) is 6.29. The van der Waals surface area contributed by atoms with Crippen molar-refractivity contribution in [3.05, 3.63) is 41.6 Å². The smallest absolute Gasteiger partial charge is 0.173 e. The Bertz CT molecular complexity index is 443. The molecule has 0 bridgehead atoms. The quantitative estimate of drug-likeness (QED) is 0.791. The first kappa shape index (κ1) is 11.9. The highest BCUT2D eigenvalue weighted by Gasteiger charge is 2.38. The molecular formula is C15H19NO. The minimum Gasteiger partial charge on any atom is -0.374 e. The molecule has 0 radical (unpaired) electrons. The van der Waals surface area contributed by atoms with Crippen LogP contribution in [-0.4, -0.2) is 23.8 Å². The summed E-state index contributed by atoms with van der Waals surface area (Å²) in [5.74, 6) is 0.336. The van der Waals surface area contributed by atoms with Gasteiger partial charge in [0.2, 0.25) is 0 Å². The van der Waals surface area contributed by atoms with E-state index in [9.17, 15) is 4.79 Å². The lowest BCUT2D eigenvalue weighted by Crippen LogP contribution is -2.39. The van der Waals surface area contributed by atoms with E-state index in [0.717, 1.165) is 24.2 Å². The molecule has 1 aliphatic rings. The number of Topliss-reactive ketones (excluding diaryl/α,β-unsaturated/α-hetero) is 1. The zero-order valence-electron chi connectivity index (χ0n) is 10.7. The number of carbonyl (C=O) groups is 1. The van der Waals surface area contributed by atoms with Gasteiger partial charge in [-0.3, -0.25) is 4.79 Å². The molecule has 0 fully saturated rings. The average Bonchev–Trinajstić information content (AvgIpc) is 2.39. The number of nitrogens with zero attached hydrogens (tertiary/aromatic N) is 1. The molecule has 1 aromatic carbocycles. The summed E-state index contributed by atoms with van der Waals surface area (Å²) in [5.41, 5.74) is 3.19. The Kier molecular flexibility index (Phi) is 3.32. The Morgan fingerprint density at radius 2 is 1.71 bits per heavy atom. The van der Waals surface area contributed by atoms with Crippen LogP contribution in [-0.2, 0) is 4.79 Å². The zero-order chi connectivity index (χ0) is 12.4. The Morgan fingerprint density at radius 3 is 2.24 bits per heavy atom. The van der Waals surface area contributed by atoms with Gasteiger partial charge >= 0.3 is 0 Å². The predicted octanol–water partition coefficient (Wildman–Crippen LogP) is 2.96. The van der Waals surface area contributed by atoms with E-state index in [4.69, 9.17) is 0 Å². The molecule has 2 nitrogen and oxygen atoms in total. The van der Waals surface area contributed by atoms with E-state index in [2.05, 4.69) is 18.7 Å². The summed E-state index contributed by atoms with van der Waals surface area (Å²) in [6.07, 6.45) is 0. The fourth-order valence-electron chi connectivity index (χ4n) is 2.50. The van der Waals surface area contributed by atoms with Gasteiger partial charge in [0, 0.05) is 24.4 Å². The highest BCUT2D eigenvalue weighted by atomic mass is 16.1. The molecule has 0 spiro atoms. The van der Waals surface area contributed by atoms with Crippen molar-refractivity contribution < 1.29 is 4.79 Å². The molecule has 90 valence electrons. The van der Waals surface area contributed by atoms with Crippen molar-refractivity contribution in [1.29, 1.82) is 0 Å². The molecule has 1 aliphatic carbocycles. The van der Waals surface area contributed by atoms with Crippen molar-refractivity contribution in [3.8, 4) is 0 Å². The topological polar surface area (TPSA) is 20.3 Å². The van der Waals surface area contributed by atoms with Crippen molar-refractivity contribution >= 4 is 11.4 Å². The maximum atomic E-state index is 12.0. The van der Waals surface area contributed by atoms with E-state index in [0.29, 0.717) is 0 Å². The summed E-state index contributed by atoms with van der Waals surface area (Å²) in [5, 5.41) is 0. The maximum Gasteiger partial charge on any atom is 0.173 e. The van der Waals surface area contributed by atoms with Crippen molar-refractivity contribution in [3.63, 3.8) is 0 Å². The first-order valence-corrected chi connectivity index (χ1v) is 6.29. The fourth-order valence-corrected chi connectivity index (χ4v) is 2.50. The third-order valence-electron chi connectivity index (χ3n) is 3.47. The molecule has 0 heterocycles. The second-order valence-corrected chi connectivity index (χ2v) is 4.38. The molecule has 0 saturated heterocycles. The summed E-state index contributed by atoms with van der Waals surface area (Å²) < 4.78 is 0. The molecule has 0 saturated carbocycles. The van der Waals surface area contributed by atoms with Gasteiger partial charge in [0.05, 0.1) is 5.92 Å². The number of carbonyl (C=O) groups excluding carboxylic acids is 1. The number of hydrogen-bond donors (Lipinski definition) is 0. The first-order chi connectivity index (χ1) is 8.20. The van der Waals surface area contributed by atoms with E-state index in [1.165, 1.54) is 5.70 Å². The second kappa shape index (κ2) is 4.74. The van der Waals surface area contributed by atoms with Gasteiger partial charge < -0.3 is 4.90 Å². The molecule has 17 heavy (non-hydrogen) atoms. The normalized spacial score (nSPS) is 19.2. The highest BCUT2D eigenvalue weighted by Crippen LogP contribution is 2.39. The molecule has 1 aromatic rings. The molecule has 0 amide bonds. The van der Waals surface area contributed by atoms with E-state index in [1.807, 2.05) is 37.3 Å². The number of ketones is 1.